The number of hydrogen-bond donors (Lipinski definition) is 2. The van der Waals surface area contributed by atoms with Crippen molar-refractivity contribution in [1.82, 2.24) is 0 Å². The average molecular weight is 271 g/mol. The second-order valence-corrected chi connectivity index (χ2v) is 4.61. The van der Waals surface area contributed by atoms with Gasteiger partial charge in [-0.25, -0.2) is 0 Å². The normalized spacial score (nSPS) is 11.8. The number of nitrogens with two attached hydrogens (primary N) is 1. The monoisotopic (exact) mass is 271 g/mol. The van der Waals surface area contributed by atoms with E-state index in [9.17, 15) is 9.90 Å². The third-order valence-corrected chi connectivity index (χ3v) is 3.24. The van der Waals surface area contributed by atoms with E-state index in [-0.39, 0.29) is 0 Å². The molecule has 4 heteroatoms. The Hall–Kier alpha value is -2.49. The summed E-state index contributed by atoms with van der Waals surface area (Å²) in [6.07, 6.45) is 0.434. The third-order valence-electron chi connectivity index (χ3n) is 3.24. The summed E-state index contributed by atoms with van der Waals surface area (Å²) in [5, 5.41) is 9.40. The molecule has 0 aliphatic carbocycles. The number of hydrogen-bond acceptors (Lipinski definition) is 3. The molecule has 0 bridgehead atoms. The Morgan fingerprint density at radius 2 is 1.75 bits per heavy atom. The van der Waals surface area contributed by atoms with Crippen LogP contribution in [0.15, 0.2) is 48.5 Å². The predicted molar refractivity (Wildman–Crippen MR) is 77.9 cm³/mol. The summed E-state index contributed by atoms with van der Waals surface area (Å²) in [6.45, 7) is 0. The van der Waals surface area contributed by atoms with Crippen LogP contribution in [0.3, 0.4) is 0 Å². The molecular weight excluding hydrogens is 254 g/mol. The lowest BCUT2D eigenvalue weighted by Gasteiger charge is -2.13. The van der Waals surface area contributed by atoms with E-state index in [2.05, 4.69) is 0 Å². The van der Waals surface area contributed by atoms with Crippen molar-refractivity contribution in [1.29, 1.82) is 0 Å². The van der Waals surface area contributed by atoms with Gasteiger partial charge in [0.15, 0.2) is 0 Å². The molecule has 1 atom stereocenters. The second kappa shape index (κ2) is 6.10. The van der Waals surface area contributed by atoms with Gasteiger partial charge in [0.25, 0.3) is 0 Å². The molecule has 0 aliphatic rings. The van der Waals surface area contributed by atoms with Crippen LogP contribution < -0.4 is 10.5 Å². The zero-order chi connectivity index (χ0) is 14.5. The SMILES string of the molecule is COc1ccc(CC(C(=O)O)c2ccc(N)cc2)cc1. The van der Waals surface area contributed by atoms with Crippen LogP contribution in [0.4, 0.5) is 5.69 Å². The summed E-state index contributed by atoms with van der Waals surface area (Å²) in [4.78, 5) is 11.5. The number of nitrogen functional groups attached to an aromatic ring is 1. The number of carboxylic acid groups (broad SMARTS) is 1. The molecule has 2 aromatic rings. The van der Waals surface area contributed by atoms with Gasteiger partial charge in [0.1, 0.15) is 5.75 Å². The number of aliphatic carboxylic acids is 1. The fourth-order valence-electron chi connectivity index (χ4n) is 2.07. The molecule has 0 aliphatic heterocycles. The Balaban J connectivity index is 2.20. The van der Waals surface area contributed by atoms with Crippen LogP contribution in [-0.4, -0.2) is 18.2 Å². The van der Waals surface area contributed by atoms with Crippen LogP contribution in [0, 0.1) is 0 Å². The first-order valence-electron chi connectivity index (χ1n) is 6.31. The number of anilines is 1. The molecule has 0 saturated carbocycles. The number of methoxy groups -OCH3 is 1. The lowest BCUT2D eigenvalue weighted by molar-refractivity contribution is -0.138. The highest BCUT2D eigenvalue weighted by Crippen LogP contribution is 2.23. The molecule has 4 nitrogen and oxygen atoms in total. The zero-order valence-corrected chi connectivity index (χ0v) is 11.2. The van der Waals surface area contributed by atoms with Crippen molar-refractivity contribution in [2.45, 2.75) is 12.3 Å². The van der Waals surface area contributed by atoms with Crippen molar-refractivity contribution in [2.75, 3.05) is 12.8 Å². The van der Waals surface area contributed by atoms with Gasteiger partial charge in [-0.1, -0.05) is 24.3 Å². The molecule has 1 unspecified atom stereocenters. The van der Waals surface area contributed by atoms with Gasteiger partial charge in [-0.15, -0.1) is 0 Å². The van der Waals surface area contributed by atoms with Crippen LogP contribution in [0.1, 0.15) is 17.0 Å². The van der Waals surface area contributed by atoms with Crippen molar-refractivity contribution in [3.8, 4) is 5.75 Å². The van der Waals surface area contributed by atoms with E-state index in [0.717, 1.165) is 16.9 Å². The number of ether oxygens (including phenoxy) is 1. The fraction of sp³-hybridized carbons (Fsp3) is 0.188. The molecule has 0 spiro atoms. The van der Waals surface area contributed by atoms with E-state index in [1.165, 1.54) is 0 Å². The number of carbonyl (C=O) groups is 1. The van der Waals surface area contributed by atoms with Gasteiger partial charge in [0.2, 0.25) is 0 Å². The summed E-state index contributed by atoms with van der Waals surface area (Å²) < 4.78 is 5.09. The van der Waals surface area contributed by atoms with Crippen LogP contribution >= 0.6 is 0 Å². The molecule has 0 amide bonds. The minimum atomic E-state index is -0.842. The maximum atomic E-state index is 11.5. The fourth-order valence-corrected chi connectivity index (χ4v) is 2.07. The Bertz CT molecular complexity index is 576. The topological polar surface area (TPSA) is 72.5 Å². The van der Waals surface area contributed by atoms with Crippen molar-refractivity contribution in [3.63, 3.8) is 0 Å². The molecule has 0 radical (unpaired) electrons. The summed E-state index contributed by atoms with van der Waals surface area (Å²) in [5.41, 5.74) is 7.96. The predicted octanol–water partition coefficient (Wildman–Crippen LogP) is 2.69. The van der Waals surface area contributed by atoms with E-state index in [4.69, 9.17) is 10.5 Å². The molecule has 2 aromatic carbocycles. The molecule has 20 heavy (non-hydrogen) atoms. The highest BCUT2D eigenvalue weighted by atomic mass is 16.5. The van der Waals surface area contributed by atoms with Gasteiger partial charge in [-0.05, 0) is 41.8 Å². The standard InChI is InChI=1S/C16H17NO3/c1-20-14-8-2-11(3-9-14)10-15(16(18)19)12-4-6-13(17)7-5-12/h2-9,15H,10,17H2,1H3,(H,18,19). The first kappa shape index (κ1) is 13.9. The van der Waals surface area contributed by atoms with Crippen LogP contribution in [0.5, 0.6) is 5.75 Å². The maximum absolute atomic E-state index is 11.5. The first-order chi connectivity index (χ1) is 9.60. The highest BCUT2D eigenvalue weighted by Gasteiger charge is 2.20. The summed E-state index contributed by atoms with van der Waals surface area (Å²) in [6, 6.07) is 14.4. The van der Waals surface area contributed by atoms with Gasteiger partial charge in [0.05, 0.1) is 13.0 Å². The van der Waals surface area contributed by atoms with Gasteiger partial charge < -0.3 is 15.6 Å². The van der Waals surface area contributed by atoms with E-state index in [0.29, 0.717) is 12.1 Å². The van der Waals surface area contributed by atoms with Gasteiger partial charge in [0, 0.05) is 5.69 Å². The average Bonchev–Trinajstić information content (AvgIpc) is 2.46. The molecule has 104 valence electrons. The molecule has 0 fully saturated rings. The lowest BCUT2D eigenvalue weighted by atomic mass is 9.92. The Morgan fingerprint density at radius 1 is 1.15 bits per heavy atom. The Kier molecular flexibility index (Phi) is 4.25. The van der Waals surface area contributed by atoms with Crippen molar-refractivity contribution < 1.29 is 14.6 Å². The van der Waals surface area contributed by atoms with Gasteiger partial charge >= 0.3 is 5.97 Å². The first-order valence-corrected chi connectivity index (χ1v) is 6.31. The molecule has 0 saturated heterocycles. The Morgan fingerprint density at radius 3 is 2.25 bits per heavy atom. The summed E-state index contributed by atoms with van der Waals surface area (Å²) in [7, 11) is 1.60. The lowest BCUT2D eigenvalue weighted by Crippen LogP contribution is -2.14. The minimum absolute atomic E-state index is 0.434. The maximum Gasteiger partial charge on any atom is 0.311 e. The molecule has 0 heterocycles. The van der Waals surface area contributed by atoms with E-state index in [1.807, 2.05) is 24.3 Å². The Labute approximate surface area is 117 Å². The quantitative estimate of drug-likeness (QED) is 0.820. The van der Waals surface area contributed by atoms with Crippen molar-refractivity contribution in [2.24, 2.45) is 0 Å². The largest absolute Gasteiger partial charge is 0.497 e. The highest BCUT2D eigenvalue weighted by molar-refractivity contribution is 5.76. The molecule has 2 rings (SSSR count). The summed E-state index contributed by atoms with van der Waals surface area (Å²) >= 11 is 0. The van der Waals surface area contributed by atoms with Crippen molar-refractivity contribution in [3.05, 3.63) is 59.7 Å². The molecular formula is C16H17NO3. The number of benzene rings is 2. The number of rotatable bonds is 5. The second-order valence-electron chi connectivity index (χ2n) is 4.61. The minimum Gasteiger partial charge on any atom is -0.497 e. The number of carboxylic acids is 1. The third kappa shape index (κ3) is 3.29. The van der Waals surface area contributed by atoms with E-state index < -0.39 is 11.9 Å². The van der Waals surface area contributed by atoms with Crippen molar-refractivity contribution >= 4 is 11.7 Å². The van der Waals surface area contributed by atoms with E-state index in [1.54, 1.807) is 31.4 Å². The van der Waals surface area contributed by atoms with Crippen LogP contribution in [-0.2, 0) is 11.2 Å². The molecule has 3 N–H and O–H groups in total. The van der Waals surface area contributed by atoms with Crippen LogP contribution in [0.2, 0.25) is 0 Å². The van der Waals surface area contributed by atoms with Gasteiger partial charge in [-0.2, -0.15) is 0 Å². The summed E-state index contributed by atoms with van der Waals surface area (Å²) in [5.74, 6) is -0.664. The van der Waals surface area contributed by atoms with Crippen LogP contribution in [0.25, 0.3) is 0 Å². The smallest absolute Gasteiger partial charge is 0.311 e. The van der Waals surface area contributed by atoms with Gasteiger partial charge in [-0.3, -0.25) is 4.79 Å². The molecule has 0 aromatic heterocycles. The van der Waals surface area contributed by atoms with E-state index >= 15 is 0 Å². The zero-order valence-electron chi connectivity index (χ0n) is 11.2.